The van der Waals surface area contributed by atoms with Crippen LogP contribution in [-0.2, 0) is 4.79 Å². The lowest BCUT2D eigenvalue weighted by Crippen LogP contribution is -2.20. The molecule has 0 spiro atoms. The van der Waals surface area contributed by atoms with Crippen molar-refractivity contribution >= 4 is 29.2 Å². The number of aromatic carboxylic acids is 1. The molecule has 21 heavy (non-hydrogen) atoms. The number of anilines is 1. The van der Waals surface area contributed by atoms with Crippen LogP contribution < -0.4 is 10.1 Å². The number of hydrogen-bond acceptors (Lipinski definition) is 3. The van der Waals surface area contributed by atoms with Gasteiger partial charge < -0.3 is 15.2 Å². The van der Waals surface area contributed by atoms with E-state index in [9.17, 15) is 9.59 Å². The van der Waals surface area contributed by atoms with Crippen LogP contribution >= 0.6 is 11.6 Å². The summed E-state index contributed by atoms with van der Waals surface area (Å²) in [6.07, 6.45) is 0. The molecular weight excluding hydrogens is 294 g/mol. The summed E-state index contributed by atoms with van der Waals surface area (Å²) >= 11 is 5.74. The fourth-order valence-electron chi connectivity index (χ4n) is 1.60. The predicted molar refractivity (Wildman–Crippen MR) is 79.0 cm³/mol. The Morgan fingerprint density at radius 1 is 1.14 bits per heavy atom. The van der Waals surface area contributed by atoms with Gasteiger partial charge in [0.2, 0.25) is 0 Å². The van der Waals surface area contributed by atoms with Crippen molar-refractivity contribution < 1.29 is 19.4 Å². The fourth-order valence-corrected chi connectivity index (χ4v) is 1.72. The second kappa shape index (κ2) is 6.76. The molecule has 2 aromatic carbocycles. The highest BCUT2D eigenvalue weighted by molar-refractivity contribution is 6.30. The van der Waals surface area contributed by atoms with Crippen LogP contribution in [0, 0.1) is 0 Å². The summed E-state index contributed by atoms with van der Waals surface area (Å²) < 4.78 is 5.25. The summed E-state index contributed by atoms with van der Waals surface area (Å²) in [7, 11) is 0. The molecule has 108 valence electrons. The number of hydrogen-bond donors (Lipinski definition) is 2. The second-order valence-corrected chi connectivity index (χ2v) is 4.61. The first-order chi connectivity index (χ1) is 10.0. The van der Waals surface area contributed by atoms with E-state index in [2.05, 4.69) is 5.32 Å². The number of halogens is 1. The van der Waals surface area contributed by atoms with Crippen LogP contribution in [0.25, 0.3) is 0 Å². The van der Waals surface area contributed by atoms with Crippen molar-refractivity contribution in [2.45, 2.75) is 0 Å². The number of carbonyl (C=O) groups excluding carboxylic acids is 1. The molecule has 2 aromatic rings. The fraction of sp³-hybridized carbons (Fsp3) is 0.0667. The number of ether oxygens (including phenoxy) is 1. The van der Waals surface area contributed by atoms with Gasteiger partial charge in [-0.15, -0.1) is 0 Å². The molecule has 0 saturated carbocycles. The maximum Gasteiger partial charge on any atom is 0.335 e. The molecule has 2 N–H and O–H groups in total. The smallest absolute Gasteiger partial charge is 0.335 e. The molecule has 0 aliphatic carbocycles. The van der Waals surface area contributed by atoms with Gasteiger partial charge in [-0.2, -0.15) is 0 Å². The molecule has 0 aromatic heterocycles. The summed E-state index contributed by atoms with van der Waals surface area (Å²) in [4.78, 5) is 22.5. The molecule has 5 nitrogen and oxygen atoms in total. The molecule has 0 atom stereocenters. The van der Waals surface area contributed by atoms with Crippen LogP contribution in [0.1, 0.15) is 10.4 Å². The second-order valence-electron chi connectivity index (χ2n) is 4.18. The monoisotopic (exact) mass is 305 g/mol. The Morgan fingerprint density at radius 3 is 2.52 bits per heavy atom. The lowest BCUT2D eigenvalue weighted by atomic mass is 10.2. The molecule has 0 aliphatic rings. The maximum absolute atomic E-state index is 11.7. The first kappa shape index (κ1) is 14.9. The molecule has 6 heteroatoms. The van der Waals surface area contributed by atoms with Crippen LogP contribution in [0.4, 0.5) is 5.69 Å². The van der Waals surface area contributed by atoms with Crippen LogP contribution in [0.3, 0.4) is 0 Å². The third-order valence-electron chi connectivity index (χ3n) is 2.58. The van der Waals surface area contributed by atoms with Crippen LogP contribution in [-0.4, -0.2) is 23.6 Å². The Kier molecular flexibility index (Phi) is 4.79. The minimum Gasteiger partial charge on any atom is -0.484 e. The summed E-state index contributed by atoms with van der Waals surface area (Å²) in [5.74, 6) is -1.08. The van der Waals surface area contributed by atoms with E-state index in [-0.39, 0.29) is 18.1 Å². The third kappa shape index (κ3) is 4.50. The van der Waals surface area contributed by atoms with E-state index < -0.39 is 5.97 Å². The van der Waals surface area contributed by atoms with Crippen LogP contribution in [0.5, 0.6) is 5.75 Å². The normalized spacial score (nSPS) is 9.95. The summed E-state index contributed by atoms with van der Waals surface area (Å²) in [5, 5.41) is 12.1. The average Bonchev–Trinajstić information content (AvgIpc) is 2.48. The molecular formula is C15H12ClNO4. The molecule has 0 unspecified atom stereocenters. The van der Waals surface area contributed by atoms with Crippen molar-refractivity contribution in [3.05, 3.63) is 59.1 Å². The van der Waals surface area contributed by atoms with Crippen LogP contribution in [0.2, 0.25) is 5.02 Å². The molecule has 0 heterocycles. The molecule has 2 rings (SSSR count). The molecule has 0 aliphatic heterocycles. The van der Waals surface area contributed by atoms with Gasteiger partial charge in [-0.3, -0.25) is 4.79 Å². The SMILES string of the molecule is O=C(COc1cccc(C(=O)O)c1)Nc1ccc(Cl)cc1. The minimum atomic E-state index is -1.05. The Morgan fingerprint density at radius 2 is 1.86 bits per heavy atom. The highest BCUT2D eigenvalue weighted by atomic mass is 35.5. The summed E-state index contributed by atoms with van der Waals surface area (Å²) in [6, 6.07) is 12.6. The number of carboxylic acids is 1. The number of amides is 1. The molecule has 0 bridgehead atoms. The van der Waals surface area contributed by atoms with Gasteiger partial charge in [0.15, 0.2) is 6.61 Å². The first-order valence-corrected chi connectivity index (χ1v) is 6.44. The zero-order valence-electron chi connectivity index (χ0n) is 10.9. The lowest BCUT2D eigenvalue weighted by Gasteiger charge is -2.08. The minimum absolute atomic E-state index is 0.102. The van der Waals surface area contributed by atoms with Crippen molar-refractivity contribution in [1.82, 2.24) is 0 Å². The van der Waals surface area contributed by atoms with E-state index >= 15 is 0 Å². The molecule has 0 radical (unpaired) electrons. The standard InChI is InChI=1S/C15H12ClNO4/c16-11-4-6-12(7-5-11)17-14(18)9-21-13-3-1-2-10(8-13)15(19)20/h1-8H,9H2,(H,17,18)(H,19,20). The van der Waals surface area contributed by atoms with Crippen molar-refractivity contribution in [2.75, 3.05) is 11.9 Å². The van der Waals surface area contributed by atoms with E-state index in [0.29, 0.717) is 16.5 Å². The van der Waals surface area contributed by atoms with Gasteiger partial charge in [-0.25, -0.2) is 4.79 Å². The van der Waals surface area contributed by atoms with E-state index in [1.165, 1.54) is 12.1 Å². The Labute approximate surface area is 126 Å². The molecule has 0 saturated heterocycles. The third-order valence-corrected chi connectivity index (χ3v) is 2.83. The number of rotatable bonds is 5. The van der Waals surface area contributed by atoms with Gasteiger partial charge in [0.1, 0.15) is 5.75 Å². The number of carboxylic acid groups (broad SMARTS) is 1. The van der Waals surface area contributed by atoms with E-state index in [4.69, 9.17) is 21.4 Å². The highest BCUT2D eigenvalue weighted by Crippen LogP contribution is 2.15. The number of nitrogens with one attached hydrogen (secondary N) is 1. The quantitative estimate of drug-likeness (QED) is 0.890. The molecule has 1 amide bonds. The van der Waals surface area contributed by atoms with E-state index in [0.717, 1.165) is 0 Å². The highest BCUT2D eigenvalue weighted by Gasteiger charge is 2.06. The van der Waals surface area contributed by atoms with Crippen molar-refractivity contribution in [1.29, 1.82) is 0 Å². The Hall–Kier alpha value is -2.53. The average molecular weight is 306 g/mol. The van der Waals surface area contributed by atoms with Gasteiger partial charge in [0.05, 0.1) is 5.56 Å². The van der Waals surface area contributed by atoms with Gasteiger partial charge in [-0.05, 0) is 42.5 Å². The Bertz CT molecular complexity index is 655. The van der Waals surface area contributed by atoms with Crippen molar-refractivity contribution in [2.24, 2.45) is 0 Å². The van der Waals surface area contributed by atoms with Crippen molar-refractivity contribution in [3.63, 3.8) is 0 Å². The number of carbonyl (C=O) groups is 2. The Balaban J connectivity index is 1.90. The van der Waals surface area contributed by atoms with Gasteiger partial charge >= 0.3 is 5.97 Å². The lowest BCUT2D eigenvalue weighted by molar-refractivity contribution is -0.118. The van der Waals surface area contributed by atoms with E-state index in [1.807, 2.05) is 0 Å². The number of benzene rings is 2. The van der Waals surface area contributed by atoms with E-state index in [1.54, 1.807) is 36.4 Å². The zero-order valence-corrected chi connectivity index (χ0v) is 11.6. The largest absolute Gasteiger partial charge is 0.484 e. The van der Waals surface area contributed by atoms with Gasteiger partial charge in [0, 0.05) is 10.7 Å². The maximum atomic E-state index is 11.7. The summed E-state index contributed by atoms with van der Waals surface area (Å²) in [5.41, 5.74) is 0.706. The van der Waals surface area contributed by atoms with Gasteiger partial charge in [-0.1, -0.05) is 17.7 Å². The van der Waals surface area contributed by atoms with Gasteiger partial charge in [0.25, 0.3) is 5.91 Å². The predicted octanol–water partition coefficient (Wildman–Crippen LogP) is 3.06. The zero-order chi connectivity index (χ0) is 15.2. The van der Waals surface area contributed by atoms with Crippen molar-refractivity contribution in [3.8, 4) is 5.75 Å². The van der Waals surface area contributed by atoms with Crippen LogP contribution in [0.15, 0.2) is 48.5 Å². The molecule has 0 fully saturated rings. The summed E-state index contributed by atoms with van der Waals surface area (Å²) in [6.45, 7) is -0.217. The first-order valence-electron chi connectivity index (χ1n) is 6.06. The topological polar surface area (TPSA) is 75.6 Å².